The van der Waals surface area contributed by atoms with E-state index in [-0.39, 0.29) is 29.7 Å². The molecule has 1 aliphatic heterocycles. The number of nitrogens with zero attached hydrogens (tertiary/aromatic N) is 2. The zero-order chi connectivity index (χ0) is 21.9. The molecule has 1 fully saturated rings. The van der Waals surface area contributed by atoms with Gasteiger partial charge in [0.2, 0.25) is 11.8 Å². The van der Waals surface area contributed by atoms with Gasteiger partial charge in [-0.2, -0.15) is 0 Å². The number of carbonyl (C=O) groups is 3. The summed E-state index contributed by atoms with van der Waals surface area (Å²) in [6, 6.07) is 16.0. The number of rotatable bonds is 3. The van der Waals surface area contributed by atoms with E-state index in [0.29, 0.717) is 24.3 Å². The third-order valence-electron chi connectivity index (χ3n) is 5.41. The summed E-state index contributed by atoms with van der Waals surface area (Å²) in [5, 5.41) is 2.85. The summed E-state index contributed by atoms with van der Waals surface area (Å²) in [6.45, 7) is 8.72. The standard InChI is InChI=1S/C24H29N3O3/c1-17(28)27-15-14-26(16-21(27)22(29)25-20-8-6-5-7-9-20)23(30)18-10-12-19(13-11-18)24(2,3)4/h5-13,21H,14-16H2,1-4H3,(H,25,29)/t21-/m0/s1. The molecular weight excluding hydrogens is 378 g/mol. The van der Waals surface area contributed by atoms with E-state index in [1.807, 2.05) is 42.5 Å². The molecule has 0 radical (unpaired) electrons. The number of carbonyl (C=O) groups excluding carboxylic acids is 3. The summed E-state index contributed by atoms with van der Waals surface area (Å²) in [5.74, 6) is -0.599. The molecule has 1 saturated heterocycles. The van der Waals surface area contributed by atoms with E-state index < -0.39 is 6.04 Å². The molecule has 0 spiro atoms. The van der Waals surface area contributed by atoms with E-state index in [1.165, 1.54) is 11.8 Å². The molecule has 2 aromatic carbocycles. The van der Waals surface area contributed by atoms with Crippen LogP contribution in [0, 0.1) is 0 Å². The Balaban J connectivity index is 1.76. The van der Waals surface area contributed by atoms with E-state index in [2.05, 4.69) is 26.1 Å². The number of amides is 3. The lowest BCUT2D eigenvalue weighted by Gasteiger charge is -2.40. The van der Waals surface area contributed by atoms with Crippen LogP contribution in [0.25, 0.3) is 0 Å². The Morgan fingerprint density at radius 1 is 0.933 bits per heavy atom. The fraction of sp³-hybridized carbons (Fsp3) is 0.375. The fourth-order valence-corrected chi connectivity index (χ4v) is 3.61. The maximum atomic E-state index is 13.1. The minimum absolute atomic E-state index is 0.00924. The molecule has 0 aliphatic carbocycles. The first kappa shape index (κ1) is 21.6. The highest BCUT2D eigenvalue weighted by molar-refractivity contribution is 5.99. The maximum Gasteiger partial charge on any atom is 0.253 e. The first-order chi connectivity index (χ1) is 14.2. The molecule has 0 aromatic heterocycles. The normalized spacial score (nSPS) is 16.9. The van der Waals surface area contributed by atoms with Crippen molar-refractivity contribution in [2.45, 2.75) is 39.2 Å². The number of nitrogens with one attached hydrogen (secondary N) is 1. The van der Waals surface area contributed by atoms with Gasteiger partial charge in [-0.1, -0.05) is 51.1 Å². The van der Waals surface area contributed by atoms with Crippen LogP contribution < -0.4 is 5.32 Å². The predicted octanol–water partition coefficient (Wildman–Crippen LogP) is 3.30. The predicted molar refractivity (Wildman–Crippen MR) is 117 cm³/mol. The van der Waals surface area contributed by atoms with Gasteiger partial charge in [0.05, 0.1) is 6.54 Å². The Morgan fingerprint density at radius 3 is 2.13 bits per heavy atom. The molecular formula is C24H29N3O3. The molecule has 1 heterocycles. The summed E-state index contributed by atoms with van der Waals surface area (Å²) in [7, 11) is 0. The molecule has 0 unspecified atom stereocenters. The number of para-hydroxylation sites is 1. The van der Waals surface area contributed by atoms with Crippen molar-refractivity contribution < 1.29 is 14.4 Å². The first-order valence-electron chi connectivity index (χ1n) is 10.2. The van der Waals surface area contributed by atoms with Crippen LogP contribution in [0.3, 0.4) is 0 Å². The Bertz CT molecular complexity index is 917. The summed E-state index contributed by atoms with van der Waals surface area (Å²) in [4.78, 5) is 41.2. The fourth-order valence-electron chi connectivity index (χ4n) is 3.61. The van der Waals surface area contributed by atoms with Crippen LogP contribution in [-0.2, 0) is 15.0 Å². The maximum absolute atomic E-state index is 13.1. The Kier molecular flexibility index (Phi) is 6.25. The first-order valence-corrected chi connectivity index (χ1v) is 10.2. The average molecular weight is 408 g/mol. The molecule has 0 bridgehead atoms. The summed E-state index contributed by atoms with van der Waals surface area (Å²) < 4.78 is 0. The van der Waals surface area contributed by atoms with Crippen molar-refractivity contribution in [3.05, 3.63) is 65.7 Å². The van der Waals surface area contributed by atoms with E-state index in [1.54, 1.807) is 17.0 Å². The molecule has 158 valence electrons. The lowest BCUT2D eigenvalue weighted by Crippen LogP contribution is -2.60. The van der Waals surface area contributed by atoms with Gasteiger partial charge in [0, 0.05) is 31.3 Å². The van der Waals surface area contributed by atoms with Gasteiger partial charge in [-0.15, -0.1) is 0 Å². The number of hydrogen-bond acceptors (Lipinski definition) is 3. The van der Waals surface area contributed by atoms with E-state index in [9.17, 15) is 14.4 Å². The number of hydrogen-bond donors (Lipinski definition) is 1. The average Bonchev–Trinajstić information content (AvgIpc) is 2.73. The van der Waals surface area contributed by atoms with Crippen molar-refractivity contribution in [2.24, 2.45) is 0 Å². The molecule has 6 nitrogen and oxygen atoms in total. The second-order valence-corrected chi connectivity index (χ2v) is 8.66. The van der Waals surface area contributed by atoms with Crippen molar-refractivity contribution in [3.63, 3.8) is 0 Å². The minimum atomic E-state index is -0.728. The highest BCUT2D eigenvalue weighted by Crippen LogP contribution is 2.23. The Labute approximate surface area is 177 Å². The SMILES string of the molecule is CC(=O)N1CCN(C(=O)c2ccc(C(C)(C)C)cc2)C[C@H]1C(=O)Nc1ccccc1. The monoisotopic (exact) mass is 407 g/mol. The summed E-state index contributed by atoms with van der Waals surface area (Å²) in [6.07, 6.45) is 0. The lowest BCUT2D eigenvalue weighted by molar-refractivity contribution is -0.139. The van der Waals surface area contributed by atoms with Gasteiger partial charge in [0.25, 0.3) is 5.91 Å². The molecule has 6 heteroatoms. The third-order valence-corrected chi connectivity index (χ3v) is 5.41. The van der Waals surface area contributed by atoms with Crippen molar-refractivity contribution in [3.8, 4) is 0 Å². The van der Waals surface area contributed by atoms with Gasteiger partial charge in [-0.25, -0.2) is 0 Å². The van der Waals surface area contributed by atoms with Crippen LogP contribution in [0.1, 0.15) is 43.6 Å². The highest BCUT2D eigenvalue weighted by Gasteiger charge is 2.36. The zero-order valence-electron chi connectivity index (χ0n) is 18.0. The molecule has 1 N–H and O–H groups in total. The number of anilines is 1. The lowest BCUT2D eigenvalue weighted by atomic mass is 9.86. The number of benzene rings is 2. The van der Waals surface area contributed by atoms with Crippen LogP contribution >= 0.6 is 0 Å². The second kappa shape index (κ2) is 8.69. The van der Waals surface area contributed by atoms with Crippen LogP contribution in [0.4, 0.5) is 5.69 Å². The highest BCUT2D eigenvalue weighted by atomic mass is 16.2. The molecule has 1 atom stereocenters. The van der Waals surface area contributed by atoms with Crippen molar-refractivity contribution in [2.75, 3.05) is 25.0 Å². The Hall–Kier alpha value is -3.15. The molecule has 0 saturated carbocycles. The van der Waals surface area contributed by atoms with Crippen molar-refractivity contribution in [1.29, 1.82) is 0 Å². The number of piperazine rings is 1. The van der Waals surface area contributed by atoms with Crippen molar-refractivity contribution >= 4 is 23.4 Å². The molecule has 3 rings (SSSR count). The Morgan fingerprint density at radius 2 is 1.57 bits per heavy atom. The van der Waals surface area contributed by atoms with Gasteiger partial charge >= 0.3 is 0 Å². The van der Waals surface area contributed by atoms with E-state index in [0.717, 1.165) is 5.56 Å². The van der Waals surface area contributed by atoms with Gasteiger partial charge in [-0.05, 0) is 35.2 Å². The molecule has 3 amide bonds. The van der Waals surface area contributed by atoms with E-state index >= 15 is 0 Å². The topological polar surface area (TPSA) is 69.7 Å². The molecule has 2 aromatic rings. The minimum Gasteiger partial charge on any atom is -0.334 e. The van der Waals surface area contributed by atoms with Gasteiger partial charge in [0.15, 0.2) is 0 Å². The van der Waals surface area contributed by atoms with Crippen LogP contribution in [0.15, 0.2) is 54.6 Å². The van der Waals surface area contributed by atoms with Crippen LogP contribution in [0.2, 0.25) is 0 Å². The van der Waals surface area contributed by atoms with Crippen LogP contribution in [0.5, 0.6) is 0 Å². The summed E-state index contributed by atoms with van der Waals surface area (Å²) in [5.41, 5.74) is 2.41. The van der Waals surface area contributed by atoms with Gasteiger partial charge in [0.1, 0.15) is 6.04 Å². The second-order valence-electron chi connectivity index (χ2n) is 8.66. The largest absolute Gasteiger partial charge is 0.334 e. The van der Waals surface area contributed by atoms with Gasteiger partial charge in [-0.3, -0.25) is 14.4 Å². The van der Waals surface area contributed by atoms with E-state index in [4.69, 9.17) is 0 Å². The molecule has 30 heavy (non-hydrogen) atoms. The van der Waals surface area contributed by atoms with Gasteiger partial charge < -0.3 is 15.1 Å². The smallest absolute Gasteiger partial charge is 0.253 e. The van der Waals surface area contributed by atoms with Crippen LogP contribution in [-0.4, -0.2) is 53.2 Å². The quantitative estimate of drug-likeness (QED) is 0.849. The molecule has 1 aliphatic rings. The summed E-state index contributed by atoms with van der Waals surface area (Å²) >= 11 is 0. The van der Waals surface area contributed by atoms with Crippen molar-refractivity contribution in [1.82, 2.24) is 9.80 Å². The zero-order valence-corrected chi connectivity index (χ0v) is 18.0. The third kappa shape index (κ3) is 4.87.